The number of carbonyl (C=O) groups excluding carboxylic acids is 1. The number of aryl methyl sites for hydroxylation is 1. The van der Waals surface area contributed by atoms with E-state index >= 15 is 0 Å². The maximum atomic E-state index is 12.4. The Balaban J connectivity index is 1.18. The standard InChI is InChI=1S/C23H26N6O2S/c1-15-5-3-4-6-18(15)24-21(30)14-32-23-26-25-22-20-13-19(27-29(20)12-11-28(22)23)16-7-9-17(31-2)10-8-16/h3-12,19-20,22,25,27H,13-14H2,1-2H3,(H,24,30). The van der Waals surface area contributed by atoms with E-state index in [-0.39, 0.29) is 24.2 Å². The number of thioether (sulfide) groups is 1. The summed E-state index contributed by atoms with van der Waals surface area (Å²) in [6.07, 6.45) is 5.01. The van der Waals surface area contributed by atoms with Gasteiger partial charge in [0.15, 0.2) is 5.17 Å². The number of para-hydroxylation sites is 1. The molecule has 0 aliphatic carbocycles. The number of ether oxygens (including phenoxy) is 1. The van der Waals surface area contributed by atoms with Crippen LogP contribution in [0.4, 0.5) is 5.69 Å². The summed E-state index contributed by atoms with van der Waals surface area (Å²) in [5.41, 5.74) is 9.95. The molecule has 3 N–H and O–H groups in total. The van der Waals surface area contributed by atoms with Crippen LogP contribution in [0.5, 0.6) is 5.75 Å². The van der Waals surface area contributed by atoms with E-state index in [0.29, 0.717) is 5.75 Å². The van der Waals surface area contributed by atoms with E-state index in [0.717, 1.165) is 28.6 Å². The van der Waals surface area contributed by atoms with Crippen LogP contribution in [0.25, 0.3) is 0 Å². The fourth-order valence-corrected chi connectivity index (χ4v) is 5.01. The fourth-order valence-electron chi connectivity index (χ4n) is 4.23. The Hall–Kier alpha value is -3.17. The number of anilines is 1. The summed E-state index contributed by atoms with van der Waals surface area (Å²) in [7, 11) is 1.68. The van der Waals surface area contributed by atoms with Gasteiger partial charge in [-0.2, -0.15) is 5.10 Å². The van der Waals surface area contributed by atoms with E-state index in [4.69, 9.17) is 4.74 Å². The van der Waals surface area contributed by atoms with Gasteiger partial charge in [-0.05, 0) is 42.7 Å². The fraction of sp³-hybridized carbons (Fsp3) is 0.304. The Morgan fingerprint density at radius 2 is 2.03 bits per heavy atom. The van der Waals surface area contributed by atoms with E-state index in [2.05, 4.69) is 43.3 Å². The molecule has 32 heavy (non-hydrogen) atoms. The normalized spacial score (nSPS) is 23.3. The van der Waals surface area contributed by atoms with Gasteiger partial charge in [0.25, 0.3) is 0 Å². The molecule has 0 bridgehead atoms. The molecule has 3 atom stereocenters. The van der Waals surface area contributed by atoms with Crippen LogP contribution >= 0.6 is 11.8 Å². The van der Waals surface area contributed by atoms with Gasteiger partial charge >= 0.3 is 0 Å². The second kappa shape index (κ2) is 8.76. The first-order valence-electron chi connectivity index (χ1n) is 10.6. The number of amides is 1. The highest BCUT2D eigenvalue weighted by molar-refractivity contribution is 8.14. The largest absolute Gasteiger partial charge is 0.497 e. The number of hydrazine groups is 1. The molecule has 5 rings (SSSR count). The summed E-state index contributed by atoms with van der Waals surface area (Å²) in [5.74, 6) is 1.11. The lowest BCUT2D eigenvalue weighted by Gasteiger charge is -2.36. The molecule has 3 aliphatic rings. The lowest BCUT2D eigenvalue weighted by Crippen LogP contribution is -2.54. The summed E-state index contributed by atoms with van der Waals surface area (Å²) in [6.45, 7) is 1.98. The third kappa shape index (κ3) is 4.01. The van der Waals surface area contributed by atoms with Gasteiger partial charge in [-0.25, -0.2) is 5.43 Å². The zero-order chi connectivity index (χ0) is 22.1. The number of nitrogens with one attached hydrogen (secondary N) is 3. The van der Waals surface area contributed by atoms with Crippen molar-refractivity contribution in [1.29, 1.82) is 0 Å². The van der Waals surface area contributed by atoms with Crippen molar-refractivity contribution < 1.29 is 9.53 Å². The first-order chi connectivity index (χ1) is 15.6. The Morgan fingerprint density at radius 3 is 2.81 bits per heavy atom. The molecule has 0 radical (unpaired) electrons. The third-order valence-electron chi connectivity index (χ3n) is 5.97. The predicted octanol–water partition coefficient (Wildman–Crippen LogP) is 2.98. The first kappa shape index (κ1) is 20.7. The smallest absolute Gasteiger partial charge is 0.234 e. The molecule has 3 heterocycles. The second-order valence-corrected chi connectivity index (χ2v) is 8.93. The van der Waals surface area contributed by atoms with Gasteiger partial charge in [0.1, 0.15) is 11.9 Å². The Bertz CT molecular complexity index is 1060. The maximum absolute atomic E-state index is 12.4. The quantitative estimate of drug-likeness (QED) is 0.646. The van der Waals surface area contributed by atoms with Crippen LogP contribution in [0.3, 0.4) is 0 Å². The summed E-state index contributed by atoms with van der Waals surface area (Å²) in [5, 5.41) is 10.4. The minimum absolute atomic E-state index is 0.0256. The Kier molecular flexibility index (Phi) is 5.67. The van der Waals surface area contributed by atoms with Crippen LogP contribution in [-0.2, 0) is 4.79 Å². The van der Waals surface area contributed by atoms with Crippen LogP contribution in [-0.4, -0.2) is 46.1 Å². The maximum Gasteiger partial charge on any atom is 0.234 e. The molecule has 2 aromatic carbocycles. The van der Waals surface area contributed by atoms with Gasteiger partial charge in [-0.1, -0.05) is 42.1 Å². The molecule has 1 saturated heterocycles. The van der Waals surface area contributed by atoms with Crippen LogP contribution < -0.4 is 20.9 Å². The van der Waals surface area contributed by atoms with Gasteiger partial charge in [0.05, 0.1) is 24.9 Å². The average Bonchev–Trinajstić information content (AvgIpc) is 3.43. The molecule has 0 spiro atoms. The highest BCUT2D eigenvalue weighted by Gasteiger charge is 2.44. The van der Waals surface area contributed by atoms with Crippen molar-refractivity contribution >= 4 is 28.5 Å². The van der Waals surface area contributed by atoms with Crippen molar-refractivity contribution in [3.05, 3.63) is 72.1 Å². The molecule has 9 heteroatoms. The molecule has 3 unspecified atom stereocenters. The van der Waals surface area contributed by atoms with Gasteiger partial charge in [-0.3, -0.25) is 10.2 Å². The van der Waals surface area contributed by atoms with Crippen molar-refractivity contribution in [2.45, 2.75) is 31.6 Å². The van der Waals surface area contributed by atoms with Crippen LogP contribution in [0.15, 0.2) is 66.0 Å². The number of hydrogen-bond donors (Lipinski definition) is 3. The number of hydrogen-bond acceptors (Lipinski definition) is 8. The van der Waals surface area contributed by atoms with Gasteiger partial charge in [0, 0.05) is 18.1 Å². The summed E-state index contributed by atoms with van der Waals surface area (Å²) in [6, 6.07) is 16.4. The van der Waals surface area contributed by atoms with E-state index in [9.17, 15) is 4.79 Å². The molecule has 1 amide bonds. The van der Waals surface area contributed by atoms with Crippen LogP contribution in [0.1, 0.15) is 23.6 Å². The molecule has 166 valence electrons. The SMILES string of the molecule is COc1ccc(C2CC3C4NN=C(SCC(=O)Nc5ccccc5C)N4C=CN3N2)cc1. The molecular weight excluding hydrogens is 424 g/mol. The molecule has 2 aromatic rings. The zero-order valence-electron chi connectivity index (χ0n) is 18.0. The lowest BCUT2D eigenvalue weighted by atomic mass is 10.00. The third-order valence-corrected chi connectivity index (χ3v) is 6.94. The van der Waals surface area contributed by atoms with E-state index in [1.54, 1.807) is 7.11 Å². The van der Waals surface area contributed by atoms with Crippen LogP contribution in [0.2, 0.25) is 0 Å². The zero-order valence-corrected chi connectivity index (χ0v) is 18.8. The number of nitrogens with zero attached hydrogens (tertiary/aromatic N) is 3. The number of carbonyl (C=O) groups is 1. The number of benzene rings is 2. The van der Waals surface area contributed by atoms with Crippen molar-refractivity contribution in [2.75, 3.05) is 18.2 Å². The number of amidine groups is 1. The van der Waals surface area contributed by atoms with Gasteiger partial charge < -0.3 is 20.0 Å². The molecule has 0 aromatic heterocycles. The summed E-state index contributed by atoms with van der Waals surface area (Å²) < 4.78 is 5.27. The Morgan fingerprint density at radius 1 is 1.22 bits per heavy atom. The molecule has 3 aliphatic heterocycles. The number of rotatable bonds is 5. The average molecular weight is 451 g/mol. The molecule has 0 saturated carbocycles. The lowest BCUT2D eigenvalue weighted by molar-refractivity contribution is -0.113. The molecular formula is C23H26N6O2S. The molecule has 8 nitrogen and oxygen atoms in total. The number of methoxy groups -OCH3 is 1. The van der Waals surface area contributed by atoms with Crippen LogP contribution in [0, 0.1) is 6.92 Å². The minimum Gasteiger partial charge on any atom is -0.497 e. The van der Waals surface area contributed by atoms with E-state index in [1.807, 2.05) is 55.7 Å². The number of hydrazone groups is 1. The second-order valence-electron chi connectivity index (χ2n) is 7.99. The van der Waals surface area contributed by atoms with Crippen molar-refractivity contribution in [3.8, 4) is 5.75 Å². The summed E-state index contributed by atoms with van der Waals surface area (Å²) in [4.78, 5) is 14.6. The monoisotopic (exact) mass is 450 g/mol. The van der Waals surface area contributed by atoms with E-state index < -0.39 is 0 Å². The predicted molar refractivity (Wildman–Crippen MR) is 127 cm³/mol. The van der Waals surface area contributed by atoms with E-state index in [1.165, 1.54) is 17.3 Å². The number of fused-ring (bicyclic) bond motifs is 3. The first-order valence-corrected chi connectivity index (χ1v) is 11.6. The highest BCUT2D eigenvalue weighted by atomic mass is 32.2. The van der Waals surface area contributed by atoms with Gasteiger partial charge in [0.2, 0.25) is 5.91 Å². The van der Waals surface area contributed by atoms with Gasteiger partial charge in [-0.15, -0.1) is 0 Å². The topological polar surface area (TPSA) is 81.2 Å². The van der Waals surface area contributed by atoms with Crippen molar-refractivity contribution in [1.82, 2.24) is 20.8 Å². The molecule has 1 fully saturated rings. The van der Waals surface area contributed by atoms with Crippen molar-refractivity contribution in [3.63, 3.8) is 0 Å². The highest BCUT2D eigenvalue weighted by Crippen LogP contribution is 2.35. The summed E-state index contributed by atoms with van der Waals surface area (Å²) >= 11 is 1.44. The van der Waals surface area contributed by atoms with Crippen molar-refractivity contribution in [2.24, 2.45) is 5.10 Å². The Labute approximate surface area is 191 Å². The minimum atomic E-state index is -0.0415.